The zero-order chi connectivity index (χ0) is 19.7. The fourth-order valence-electron chi connectivity index (χ4n) is 4.24. The zero-order valence-electron chi connectivity index (χ0n) is 16.9. The Bertz CT molecular complexity index is 731. The molecule has 0 heterocycles. The SMILES string of the molecule is CCCCCCCCP(Cl)(c1ccccc1)(c1ccccc1)c1ccccc1. The summed E-state index contributed by atoms with van der Waals surface area (Å²) >= 11 is 8.04. The van der Waals surface area contributed by atoms with Gasteiger partial charge in [-0.15, -0.1) is 0 Å². The van der Waals surface area contributed by atoms with E-state index in [9.17, 15) is 0 Å². The minimum absolute atomic E-state index is 1.01. The summed E-state index contributed by atoms with van der Waals surface area (Å²) in [5, 5.41) is 3.84. The Morgan fingerprint density at radius 1 is 0.536 bits per heavy atom. The number of hydrogen-bond acceptors (Lipinski definition) is 0. The zero-order valence-corrected chi connectivity index (χ0v) is 18.6. The van der Waals surface area contributed by atoms with Crippen LogP contribution < -0.4 is 15.9 Å². The van der Waals surface area contributed by atoms with Gasteiger partial charge in [-0.3, -0.25) is 0 Å². The Kier molecular flexibility index (Phi) is 7.33. The van der Waals surface area contributed by atoms with Crippen molar-refractivity contribution in [3.05, 3.63) is 91.0 Å². The van der Waals surface area contributed by atoms with E-state index in [0.717, 1.165) is 12.6 Å². The Morgan fingerprint density at radius 2 is 0.893 bits per heavy atom. The van der Waals surface area contributed by atoms with E-state index in [4.69, 9.17) is 11.2 Å². The molecule has 0 N–H and O–H groups in total. The number of unbranched alkanes of at least 4 members (excludes halogenated alkanes) is 5. The van der Waals surface area contributed by atoms with Crippen LogP contribution >= 0.6 is 17.2 Å². The minimum atomic E-state index is -3.03. The molecule has 148 valence electrons. The molecule has 2 heteroatoms. The summed E-state index contributed by atoms with van der Waals surface area (Å²) in [7, 11) is 0. The van der Waals surface area contributed by atoms with Gasteiger partial charge in [-0.25, -0.2) is 0 Å². The normalized spacial score (nSPS) is 13.0. The van der Waals surface area contributed by atoms with E-state index >= 15 is 0 Å². The molecular formula is C26H32ClP. The van der Waals surface area contributed by atoms with Gasteiger partial charge < -0.3 is 0 Å². The second-order valence-corrected chi connectivity index (χ2v) is 14.3. The van der Waals surface area contributed by atoms with E-state index in [1.807, 2.05) is 0 Å². The first-order chi connectivity index (χ1) is 13.7. The van der Waals surface area contributed by atoms with Crippen LogP contribution in [0, 0.1) is 0 Å². The van der Waals surface area contributed by atoms with Gasteiger partial charge >= 0.3 is 176 Å². The topological polar surface area (TPSA) is 0 Å². The molecule has 0 aliphatic rings. The number of hydrogen-bond donors (Lipinski definition) is 0. The predicted molar refractivity (Wildman–Crippen MR) is 129 cm³/mol. The third-order valence-electron chi connectivity index (χ3n) is 5.82. The standard InChI is InChI=1S/C26H32ClP/c1-2-3-4-5-6-16-23-28(27,24-17-10-7-11-18-24,25-19-12-8-13-20-25)26-21-14-9-15-22-26/h7-15,17-22H,2-6,16,23H2,1H3. The molecule has 0 aliphatic heterocycles. The summed E-state index contributed by atoms with van der Waals surface area (Å²) in [4.78, 5) is 0. The number of benzene rings is 3. The molecule has 0 aromatic heterocycles. The molecule has 0 spiro atoms. The van der Waals surface area contributed by atoms with Crippen LogP contribution in [0.25, 0.3) is 0 Å². The van der Waals surface area contributed by atoms with Gasteiger partial charge in [0.15, 0.2) is 0 Å². The first-order valence-corrected chi connectivity index (χ1v) is 13.9. The molecule has 0 saturated heterocycles. The summed E-state index contributed by atoms with van der Waals surface area (Å²) in [5.74, 6) is -3.03. The molecule has 28 heavy (non-hydrogen) atoms. The second-order valence-electron chi connectivity index (χ2n) is 7.68. The van der Waals surface area contributed by atoms with Crippen LogP contribution in [-0.4, -0.2) is 6.16 Å². The fraction of sp³-hybridized carbons (Fsp3) is 0.308. The molecule has 0 saturated carbocycles. The average Bonchev–Trinajstić information content (AvgIpc) is 2.78. The van der Waals surface area contributed by atoms with Gasteiger partial charge in [0.2, 0.25) is 0 Å². The molecule has 0 aliphatic carbocycles. The molecule has 0 atom stereocenters. The van der Waals surface area contributed by atoms with Gasteiger partial charge in [-0.2, -0.15) is 0 Å². The van der Waals surface area contributed by atoms with E-state index in [0.29, 0.717) is 0 Å². The molecule has 0 unspecified atom stereocenters. The third kappa shape index (κ3) is 4.19. The summed E-state index contributed by atoms with van der Waals surface area (Å²) in [6.07, 6.45) is 8.66. The monoisotopic (exact) mass is 410 g/mol. The average molecular weight is 411 g/mol. The van der Waals surface area contributed by atoms with E-state index < -0.39 is 5.96 Å². The van der Waals surface area contributed by atoms with E-state index in [-0.39, 0.29) is 0 Å². The van der Waals surface area contributed by atoms with Crippen molar-refractivity contribution in [3.63, 3.8) is 0 Å². The quantitative estimate of drug-likeness (QED) is 0.248. The predicted octanol–water partition coefficient (Wildman–Crippen LogP) is 7.03. The van der Waals surface area contributed by atoms with Crippen LogP contribution in [0.15, 0.2) is 91.0 Å². The van der Waals surface area contributed by atoms with Gasteiger partial charge in [-0.05, 0) is 0 Å². The van der Waals surface area contributed by atoms with Crippen LogP contribution in [0.3, 0.4) is 0 Å². The van der Waals surface area contributed by atoms with Crippen LogP contribution in [0.2, 0.25) is 0 Å². The third-order valence-corrected chi connectivity index (χ3v) is 13.4. The van der Waals surface area contributed by atoms with Gasteiger partial charge in [0.25, 0.3) is 0 Å². The maximum absolute atomic E-state index is 8.04. The Hall–Kier alpha value is -1.62. The van der Waals surface area contributed by atoms with Gasteiger partial charge in [0, 0.05) is 0 Å². The molecule has 0 radical (unpaired) electrons. The molecule has 3 rings (SSSR count). The molecular weight excluding hydrogens is 379 g/mol. The van der Waals surface area contributed by atoms with Gasteiger partial charge in [-0.1, -0.05) is 0 Å². The van der Waals surface area contributed by atoms with Crippen molar-refractivity contribution >= 4 is 33.1 Å². The van der Waals surface area contributed by atoms with Crippen molar-refractivity contribution < 1.29 is 0 Å². The summed E-state index contributed by atoms with van der Waals surface area (Å²) < 4.78 is 0. The Labute approximate surface area is 175 Å². The van der Waals surface area contributed by atoms with Gasteiger partial charge in [0.05, 0.1) is 0 Å². The Balaban J connectivity index is 2.08. The first kappa shape index (κ1) is 21.1. The van der Waals surface area contributed by atoms with Crippen molar-refractivity contribution in [2.45, 2.75) is 45.4 Å². The van der Waals surface area contributed by atoms with Crippen LogP contribution in [0.4, 0.5) is 0 Å². The number of halogens is 1. The molecule has 3 aromatic rings. The summed E-state index contributed by atoms with van der Waals surface area (Å²) in [6, 6.07) is 32.5. The molecule has 0 bridgehead atoms. The second kappa shape index (κ2) is 9.73. The first-order valence-electron chi connectivity index (χ1n) is 10.6. The molecule has 0 fully saturated rings. The molecule has 3 aromatic carbocycles. The van der Waals surface area contributed by atoms with Crippen molar-refractivity contribution in [2.24, 2.45) is 0 Å². The van der Waals surface area contributed by atoms with E-state index in [1.54, 1.807) is 0 Å². The molecule has 0 nitrogen and oxygen atoms in total. The van der Waals surface area contributed by atoms with E-state index in [2.05, 4.69) is 97.9 Å². The maximum atomic E-state index is 8.04. The van der Waals surface area contributed by atoms with Crippen molar-refractivity contribution in [1.29, 1.82) is 0 Å². The van der Waals surface area contributed by atoms with E-state index in [1.165, 1.54) is 48.0 Å². The number of rotatable bonds is 10. The van der Waals surface area contributed by atoms with Crippen LogP contribution in [-0.2, 0) is 0 Å². The van der Waals surface area contributed by atoms with Crippen LogP contribution in [0.5, 0.6) is 0 Å². The summed E-state index contributed by atoms with van der Waals surface area (Å²) in [6.45, 7) is 2.27. The fourth-order valence-corrected chi connectivity index (χ4v) is 10.5. The molecule has 0 amide bonds. The van der Waals surface area contributed by atoms with Crippen molar-refractivity contribution in [3.8, 4) is 0 Å². The Morgan fingerprint density at radius 3 is 1.29 bits per heavy atom. The summed E-state index contributed by atoms with van der Waals surface area (Å²) in [5.41, 5.74) is 0. The van der Waals surface area contributed by atoms with Crippen molar-refractivity contribution in [1.82, 2.24) is 0 Å². The van der Waals surface area contributed by atoms with Crippen molar-refractivity contribution in [2.75, 3.05) is 6.16 Å². The van der Waals surface area contributed by atoms with Crippen LogP contribution in [0.1, 0.15) is 45.4 Å². The van der Waals surface area contributed by atoms with Gasteiger partial charge in [0.1, 0.15) is 0 Å².